The van der Waals surface area contributed by atoms with E-state index in [0.29, 0.717) is 0 Å². The number of amides is 2. The van der Waals surface area contributed by atoms with Crippen LogP contribution in [-0.4, -0.2) is 30.1 Å². The van der Waals surface area contributed by atoms with Gasteiger partial charge in [0.25, 0.3) is 0 Å². The number of hydrogen-bond acceptors (Lipinski definition) is 3. The lowest BCUT2D eigenvalue weighted by molar-refractivity contribution is -0.136. The van der Waals surface area contributed by atoms with Crippen molar-refractivity contribution in [2.45, 2.75) is 6.42 Å². The quantitative estimate of drug-likeness (QED) is 0.253. The lowest BCUT2D eigenvalue weighted by atomic mass is 10.2. The molecule has 3 N–H and O–H groups in total. The number of hydrogen-bond donors (Lipinski definition) is 3. The first-order valence-corrected chi connectivity index (χ1v) is 5.52. The Bertz CT molecular complexity index is 550. The first-order chi connectivity index (χ1) is 9.81. The van der Waals surface area contributed by atoms with Crippen LogP contribution in [0.15, 0.2) is 0 Å². The molecule has 0 aliphatic heterocycles. The highest BCUT2D eigenvalue weighted by Crippen LogP contribution is 2.26. The lowest BCUT2D eigenvalue weighted by Crippen LogP contribution is -2.36. The second-order valence-corrected chi connectivity index (χ2v) is 3.73. The Morgan fingerprint density at radius 3 is 1.81 bits per heavy atom. The maximum absolute atomic E-state index is 13.2. The van der Waals surface area contributed by atoms with E-state index in [0.717, 1.165) is 0 Å². The lowest BCUT2D eigenvalue weighted by Gasteiger charge is -2.09. The summed E-state index contributed by atoms with van der Waals surface area (Å²) in [6, 6.07) is 0. The molecule has 0 heterocycles. The summed E-state index contributed by atoms with van der Waals surface area (Å²) >= 11 is 0. The van der Waals surface area contributed by atoms with Gasteiger partial charge in [-0.15, -0.1) is 0 Å². The predicted molar refractivity (Wildman–Crippen MR) is 59.6 cm³/mol. The number of carbonyl (C=O) groups is 2. The number of benzene rings is 1. The van der Waals surface area contributed by atoms with E-state index in [1.165, 1.54) is 5.32 Å². The van der Waals surface area contributed by atoms with Crippen molar-refractivity contribution in [2.75, 3.05) is 18.5 Å². The second kappa shape index (κ2) is 6.97. The summed E-state index contributed by atoms with van der Waals surface area (Å²) in [5, 5.41) is 11.7. The van der Waals surface area contributed by atoms with Crippen molar-refractivity contribution >= 4 is 17.5 Å². The Labute approximate surface area is 114 Å². The molecule has 1 rings (SSSR count). The zero-order valence-corrected chi connectivity index (χ0v) is 10.3. The third-order valence-corrected chi connectivity index (χ3v) is 2.28. The molecule has 0 aromatic heterocycles. The molecule has 0 spiro atoms. The Balaban J connectivity index is 2.93. The Hall–Kier alpha value is -2.23. The van der Waals surface area contributed by atoms with Gasteiger partial charge in [-0.05, 0) is 6.42 Å². The molecular weight excluding hydrogens is 303 g/mol. The number of rotatable bonds is 4. The number of aliphatic hydroxyl groups is 1. The summed E-state index contributed by atoms with van der Waals surface area (Å²) in [7, 11) is 0. The van der Waals surface area contributed by atoms with Crippen LogP contribution >= 0.6 is 0 Å². The van der Waals surface area contributed by atoms with Gasteiger partial charge in [0.05, 0.1) is 0 Å². The van der Waals surface area contributed by atoms with Gasteiger partial charge in [0.1, 0.15) is 5.69 Å². The molecule has 0 saturated carbocycles. The van der Waals surface area contributed by atoms with Gasteiger partial charge < -0.3 is 15.7 Å². The van der Waals surface area contributed by atoms with Crippen molar-refractivity contribution in [3.8, 4) is 0 Å². The van der Waals surface area contributed by atoms with E-state index in [2.05, 4.69) is 0 Å². The molecule has 0 atom stereocenters. The summed E-state index contributed by atoms with van der Waals surface area (Å²) < 4.78 is 64.9. The predicted octanol–water partition coefficient (Wildman–Crippen LogP) is 0.819. The van der Waals surface area contributed by atoms with Crippen LogP contribution in [0.25, 0.3) is 0 Å². The highest BCUT2D eigenvalue weighted by atomic mass is 19.2. The summed E-state index contributed by atoms with van der Waals surface area (Å²) in [5.41, 5.74) is -1.62. The highest BCUT2D eigenvalue weighted by molar-refractivity contribution is 6.39. The van der Waals surface area contributed by atoms with E-state index in [9.17, 15) is 31.5 Å². The van der Waals surface area contributed by atoms with Gasteiger partial charge in [0.2, 0.25) is 5.82 Å². The first-order valence-electron chi connectivity index (χ1n) is 5.52. The fraction of sp³-hybridized carbons (Fsp3) is 0.273. The van der Waals surface area contributed by atoms with Crippen molar-refractivity contribution in [3.63, 3.8) is 0 Å². The molecule has 0 fully saturated rings. The fourth-order valence-corrected chi connectivity index (χ4v) is 1.25. The molecule has 5 nitrogen and oxygen atoms in total. The molecule has 0 bridgehead atoms. The third-order valence-electron chi connectivity index (χ3n) is 2.28. The van der Waals surface area contributed by atoms with Gasteiger partial charge in [-0.25, -0.2) is 22.0 Å². The first kappa shape index (κ1) is 16.8. The van der Waals surface area contributed by atoms with E-state index in [4.69, 9.17) is 5.11 Å². The third kappa shape index (κ3) is 3.66. The van der Waals surface area contributed by atoms with Crippen molar-refractivity contribution in [3.05, 3.63) is 29.1 Å². The maximum Gasteiger partial charge on any atom is 0.313 e. The topological polar surface area (TPSA) is 78.4 Å². The second-order valence-electron chi connectivity index (χ2n) is 3.73. The fourth-order valence-electron chi connectivity index (χ4n) is 1.25. The normalized spacial score (nSPS) is 10.4. The number of anilines is 1. The molecule has 21 heavy (non-hydrogen) atoms. The van der Waals surface area contributed by atoms with Crippen LogP contribution in [0, 0.1) is 29.1 Å². The van der Waals surface area contributed by atoms with Crippen LogP contribution in [0.1, 0.15) is 6.42 Å². The summed E-state index contributed by atoms with van der Waals surface area (Å²) in [5.74, 6) is -14.4. The van der Waals surface area contributed by atoms with Gasteiger partial charge >= 0.3 is 11.8 Å². The zero-order chi connectivity index (χ0) is 16.2. The van der Waals surface area contributed by atoms with Gasteiger partial charge in [-0.3, -0.25) is 9.59 Å². The van der Waals surface area contributed by atoms with E-state index in [1.807, 2.05) is 5.32 Å². The molecule has 2 amide bonds. The van der Waals surface area contributed by atoms with Gasteiger partial charge in [0.15, 0.2) is 23.3 Å². The largest absolute Gasteiger partial charge is 0.396 e. The Kier molecular flexibility index (Phi) is 5.59. The Morgan fingerprint density at radius 1 is 0.857 bits per heavy atom. The maximum atomic E-state index is 13.2. The number of nitrogens with one attached hydrogen (secondary N) is 2. The Morgan fingerprint density at radius 2 is 1.33 bits per heavy atom. The summed E-state index contributed by atoms with van der Waals surface area (Å²) in [6.07, 6.45) is 0.113. The van der Waals surface area contributed by atoms with E-state index in [1.54, 1.807) is 0 Å². The minimum Gasteiger partial charge on any atom is -0.396 e. The van der Waals surface area contributed by atoms with Crippen LogP contribution < -0.4 is 10.6 Å². The molecular formula is C11H9F5N2O3. The minimum atomic E-state index is -2.38. The zero-order valence-electron chi connectivity index (χ0n) is 10.3. The summed E-state index contributed by atoms with van der Waals surface area (Å²) in [6.45, 7) is -0.389. The molecule has 0 radical (unpaired) electrons. The smallest absolute Gasteiger partial charge is 0.313 e. The van der Waals surface area contributed by atoms with Crippen molar-refractivity contribution in [2.24, 2.45) is 0 Å². The number of halogens is 5. The van der Waals surface area contributed by atoms with E-state index >= 15 is 0 Å². The average Bonchev–Trinajstić information content (AvgIpc) is 2.47. The van der Waals surface area contributed by atoms with Crippen LogP contribution in [-0.2, 0) is 9.59 Å². The molecule has 0 unspecified atom stereocenters. The van der Waals surface area contributed by atoms with Gasteiger partial charge in [-0.2, -0.15) is 0 Å². The van der Waals surface area contributed by atoms with Crippen LogP contribution in [0.4, 0.5) is 27.6 Å². The van der Waals surface area contributed by atoms with Crippen LogP contribution in [0.2, 0.25) is 0 Å². The molecule has 0 aliphatic carbocycles. The highest BCUT2D eigenvalue weighted by Gasteiger charge is 2.28. The minimum absolute atomic E-state index is 0.111. The monoisotopic (exact) mass is 312 g/mol. The van der Waals surface area contributed by atoms with E-state index in [-0.39, 0.29) is 19.6 Å². The average molecular weight is 312 g/mol. The molecule has 1 aromatic rings. The van der Waals surface area contributed by atoms with Crippen molar-refractivity contribution < 1.29 is 36.6 Å². The standard InChI is InChI=1S/C11H9F5N2O3/c12-4-5(13)7(15)9(8(16)6(4)14)18-11(21)10(20)17-2-1-3-19/h19H,1-3H2,(H,17,20)(H,18,21). The molecule has 0 aliphatic rings. The molecule has 10 heteroatoms. The van der Waals surface area contributed by atoms with E-state index < -0.39 is 46.6 Å². The summed E-state index contributed by atoms with van der Waals surface area (Å²) in [4.78, 5) is 22.4. The van der Waals surface area contributed by atoms with Crippen LogP contribution in [0.3, 0.4) is 0 Å². The molecule has 0 saturated heterocycles. The van der Waals surface area contributed by atoms with Crippen molar-refractivity contribution in [1.29, 1.82) is 0 Å². The SMILES string of the molecule is O=C(NCCCO)C(=O)Nc1c(F)c(F)c(F)c(F)c1F. The van der Waals surface area contributed by atoms with Crippen molar-refractivity contribution in [1.82, 2.24) is 5.32 Å². The van der Waals surface area contributed by atoms with Crippen LogP contribution in [0.5, 0.6) is 0 Å². The molecule has 1 aromatic carbocycles. The number of carbonyl (C=O) groups excluding carboxylic acids is 2. The van der Waals surface area contributed by atoms with Gasteiger partial charge in [0, 0.05) is 13.2 Å². The molecule has 116 valence electrons. The number of aliphatic hydroxyl groups excluding tert-OH is 1. The van der Waals surface area contributed by atoms with Gasteiger partial charge in [-0.1, -0.05) is 0 Å².